The van der Waals surface area contributed by atoms with E-state index < -0.39 is 0 Å². The summed E-state index contributed by atoms with van der Waals surface area (Å²) in [4.78, 5) is 16.6. The van der Waals surface area contributed by atoms with Crippen molar-refractivity contribution in [2.75, 3.05) is 6.54 Å². The number of benzene rings is 2. The highest BCUT2D eigenvalue weighted by Gasteiger charge is 2.17. The molecule has 0 aliphatic heterocycles. The van der Waals surface area contributed by atoms with Crippen LogP contribution in [0.5, 0.6) is 0 Å². The SMILES string of the molecule is CC(C)C(=O)NCCc1nc2ccccc2n1C(C)c1ccccc1. The molecule has 1 heterocycles. The fourth-order valence-electron chi connectivity index (χ4n) is 3.09. The lowest BCUT2D eigenvalue weighted by Crippen LogP contribution is -2.30. The third kappa shape index (κ3) is 3.73. The van der Waals surface area contributed by atoms with Crippen LogP contribution in [0, 0.1) is 5.92 Å². The van der Waals surface area contributed by atoms with E-state index in [1.807, 2.05) is 38.1 Å². The molecule has 3 rings (SSSR count). The summed E-state index contributed by atoms with van der Waals surface area (Å²) in [6, 6.07) is 18.8. The highest BCUT2D eigenvalue weighted by atomic mass is 16.1. The second-order valence-electron chi connectivity index (χ2n) is 6.67. The molecule has 0 aliphatic carbocycles. The molecule has 3 aromatic rings. The number of para-hydroxylation sites is 2. The molecule has 0 aliphatic rings. The van der Waals surface area contributed by atoms with Crippen molar-refractivity contribution < 1.29 is 4.79 Å². The molecular weight excluding hydrogens is 310 g/mol. The largest absolute Gasteiger partial charge is 0.355 e. The first-order chi connectivity index (χ1) is 12.1. The normalized spacial score (nSPS) is 12.5. The topological polar surface area (TPSA) is 46.9 Å². The van der Waals surface area contributed by atoms with Gasteiger partial charge in [0.05, 0.1) is 17.1 Å². The molecule has 0 saturated heterocycles. The van der Waals surface area contributed by atoms with Gasteiger partial charge in [0, 0.05) is 18.9 Å². The molecule has 0 spiro atoms. The number of amides is 1. The Morgan fingerprint density at radius 2 is 1.72 bits per heavy atom. The highest BCUT2D eigenvalue weighted by Crippen LogP contribution is 2.26. The van der Waals surface area contributed by atoms with Crippen molar-refractivity contribution in [2.24, 2.45) is 5.92 Å². The molecule has 25 heavy (non-hydrogen) atoms. The quantitative estimate of drug-likeness (QED) is 0.741. The Bertz CT molecular complexity index is 852. The van der Waals surface area contributed by atoms with Crippen molar-refractivity contribution in [3.63, 3.8) is 0 Å². The van der Waals surface area contributed by atoms with Gasteiger partial charge in [-0.05, 0) is 24.6 Å². The van der Waals surface area contributed by atoms with Crippen LogP contribution in [-0.2, 0) is 11.2 Å². The fraction of sp³-hybridized carbons (Fsp3) is 0.333. The van der Waals surface area contributed by atoms with E-state index >= 15 is 0 Å². The maximum atomic E-state index is 11.8. The van der Waals surface area contributed by atoms with E-state index in [1.54, 1.807) is 0 Å². The number of imidazole rings is 1. The second-order valence-corrected chi connectivity index (χ2v) is 6.67. The van der Waals surface area contributed by atoms with E-state index in [0.29, 0.717) is 13.0 Å². The van der Waals surface area contributed by atoms with Crippen LogP contribution >= 0.6 is 0 Å². The smallest absolute Gasteiger partial charge is 0.222 e. The van der Waals surface area contributed by atoms with Crippen molar-refractivity contribution in [2.45, 2.75) is 33.2 Å². The Kier molecular flexibility index (Phi) is 5.17. The van der Waals surface area contributed by atoms with Crippen LogP contribution in [-0.4, -0.2) is 22.0 Å². The summed E-state index contributed by atoms with van der Waals surface area (Å²) in [5.41, 5.74) is 3.37. The zero-order valence-electron chi connectivity index (χ0n) is 15.1. The van der Waals surface area contributed by atoms with E-state index in [-0.39, 0.29) is 17.9 Å². The van der Waals surface area contributed by atoms with Gasteiger partial charge in [-0.1, -0.05) is 56.3 Å². The summed E-state index contributed by atoms with van der Waals surface area (Å²) in [6.07, 6.45) is 0.713. The van der Waals surface area contributed by atoms with Gasteiger partial charge < -0.3 is 9.88 Å². The van der Waals surface area contributed by atoms with Crippen molar-refractivity contribution in [3.05, 3.63) is 66.0 Å². The van der Waals surface area contributed by atoms with Crippen LogP contribution in [0.25, 0.3) is 11.0 Å². The highest BCUT2D eigenvalue weighted by molar-refractivity contribution is 5.78. The van der Waals surface area contributed by atoms with Crippen LogP contribution in [0.1, 0.15) is 38.2 Å². The van der Waals surface area contributed by atoms with E-state index in [9.17, 15) is 4.79 Å². The summed E-state index contributed by atoms with van der Waals surface area (Å²) in [5.74, 6) is 1.09. The first kappa shape index (κ1) is 17.2. The minimum atomic E-state index is 0.00191. The number of hydrogen-bond acceptors (Lipinski definition) is 2. The zero-order valence-corrected chi connectivity index (χ0v) is 15.1. The van der Waals surface area contributed by atoms with E-state index in [1.165, 1.54) is 5.56 Å². The third-order valence-electron chi connectivity index (χ3n) is 4.51. The number of aromatic nitrogens is 2. The molecule has 4 nitrogen and oxygen atoms in total. The lowest BCUT2D eigenvalue weighted by Gasteiger charge is -2.18. The van der Waals surface area contributed by atoms with Crippen molar-refractivity contribution in [1.82, 2.24) is 14.9 Å². The Balaban J connectivity index is 1.91. The maximum Gasteiger partial charge on any atom is 0.222 e. The maximum absolute atomic E-state index is 11.8. The summed E-state index contributed by atoms with van der Waals surface area (Å²) < 4.78 is 2.28. The molecule has 1 atom stereocenters. The number of rotatable bonds is 6. The Hall–Kier alpha value is -2.62. The van der Waals surface area contributed by atoms with Crippen LogP contribution in [0.4, 0.5) is 0 Å². The lowest BCUT2D eigenvalue weighted by molar-refractivity contribution is -0.123. The van der Waals surface area contributed by atoms with Crippen molar-refractivity contribution in [1.29, 1.82) is 0 Å². The van der Waals surface area contributed by atoms with E-state index in [4.69, 9.17) is 4.98 Å². The van der Waals surface area contributed by atoms with Crippen molar-refractivity contribution in [3.8, 4) is 0 Å². The van der Waals surface area contributed by atoms with Gasteiger partial charge in [0.2, 0.25) is 5.91 Å². The Labute approximate surface area is 148 Å². The van der Waals surface area contributed by atoms with Crippen molar-refractivity contribution >= 4 is 16.9 Å². The minimum absolute atomic E-state index is 0.00191. The molecule has 0 bridgehead atoms. The first-order valence-corrected chi connectivity index (χ1v) is 8.86. The summed E-state index contributed by atoms with van der Waals surface area (Å²) in [7, 11) is 0. The zero-order chi connectivity index (χ0) is 17.8. The molecule has 1 amide bonds. The van der Waals surface area contributed by atoms with Gasteiger partial charge in [-0.15, -0.1) is 0 Å². The standard InChI is InChI=1S/C21H25N3O/c1-15(2)21(25)22-14-13-20-23-18-11-7-8-12-19(18)24(20)16(3)17-9-5-4-6-10-17/h4-12,15-16H,13-14H2,1-3H3,(H,22,25). The lowest BCUT2D eigenvalue weighted by atomic mass is 10.1. The van der Waals surface area contributed by atoms with Gasteiger partial charge in [0.15, 0.2) is 0 Å². The first-order valence-electron chi connectivity index (χ1n) is 8.86. The number of fused-ring (bicyclic) bond motifs is 1. The number of carbonyl (C=O) groups excluding carboxylic acids is 1. The van der Waals surface area contributed by atoms with Gasteiger partial charge in [0.25, 0.3) is 0 Å². The van der Waals surface area contributed by atoms with Gasteiger partial charge >= 0.3 is 0 Å². The molecule has 2 aromatic carbocycles. The minimum Gasteiger partial charge on any atom is -0.355 e. The van der Waals surface area contributed by atoms with Gasteiger partial charge in [0.1, 0.15) is 5.82 Å². The molecule has 0 radical (unpaired) electrons. The average Bonchev–Trinajstić information content (AvgIpc) is 2.99. The summed E-state index contributed by atoms with van der Waals surface area (Å²) >= 11 is 0. The number of nitrogens with zero attached hydrogens (tertiary/aromatic N) is 2. The van der Waals surface area contributed by atoms with Gasteiger partial charge in [-0.2, -0.15) is 0 Å². The summed E-state index contributed by atoms with van der Waals surface area (Å²) in [6.45, 7) is 6.60. The van der Waals surface area contributed by atoms with Crippen LogP contribution in [0.2, 0.25) is 0 Å². The molecule has 1 aromatic heterocycles. The van der Waals surface area contributed by atoms with Gasteiger partial charge in [-0.25, -0.2) is 4.98 Å². The number of nitrogens with one attached hydrogen (secondary N) is 1. The fourth-order valence-corrected chi connectivity index (χ4v) is 3.09. The number of hydrogen-bond donors (Lipinski definition) is 1. The molecule has 0 fully saturated rings. The molecule has 130 valence electrons. The molecule has 1 N–H and O–H groups in total. The van der Waals surface area contributed by atoms with Crippen LogP contribution in [0.3, 0.4) is 0 Å². The predicted molar refractivity (Wildman–Crippen MR) is 102 cm³/mol. The molecule has 0 saturated carbocycles. The van der Waals surface area contributed by atoms with Crippen LogP contribution < -0.4 is 5.32 Å². The van der Waals surface area contributed by atoms with Gasteiger partial charge in [-0.3, -0.25) is 4.79 Å². The average molecular weight is 335 g/mol. The second kappa shape index (κ2) is 7.51. The summed E-state index contributed by atoms with van der Waals surface area (Å²) in [5, 5.41) is 2.99. The molecule has 4 heteroatoms. The molecular formula is C21H25N3O. The third-order valence-corrected chi connectivity index (χ3v) is 4.51. The Morgan fingerprint density at radius 3 is 2.44 bits per heavy atom. The van der Waals surface area contributed by atoms with Crippen LogP contribution in [0.15, 0.2) is 54.6 Å². The Morgan fingerprint density at radius 1 is 1.04 bits per heavy atom. The molecule has 1 unspecified atom stereocenters. The van der Waals surface area contributed by atoms with E-state index in [2.05, 4.69) is 47.1 Å². The predicted octanol–water partition coefficient (Wildman–Crippen LogP) is 3.96. The van der Waals surface area contributed by atoms with E-state index in [0.717, 1.165) is 16.9 Å². The monoisotopic (exact) mass is 335 g/mol. The number of carbonyl (C=O) groups is 1.